The lowest BCUT2D eigenvalue weighted by atomic mass is 10.0. The van der Waals surface area contributed by atoms with Crippen molar-refractivity contribution < 1.29 is 17.2 Å². The minimum atomic E-state index is -3.68. The van der Waals surface area contributed by atoms with Crippen LogP contribution in [0, 0.1) is 5.92 Å². The first-order valence-corrected chi connectivity index (χ1v) is 8.23. The van der Waals surface area contributed by atoms with Crippen LogP contribution >= 0.6 is 0 Å². The first kappa shape index (κ1) is 15.4. The van der Waals surface area contributed by atoms with E-state index >= 15 is 0 Å². The molecule has 1 saturated carbocycles. The molecule has 8 heteroatoms. The Labute approximate surface area is 117 Å². The van der Waals surface area contributed by atoms with E-state index in [1.54, 1.807) is 0 Å². The van der Waals surface area contributed by atoms with Gasteiger partial charge in [-0.1, -0.05) is 19.8 Å². The summed E-state index contributed by atoms with van der Waals surface area (Å²) in [5.74, 6) is 0.348. The first-order valence-electron chi connectivity index (χ1n) is 6.75. The van der Waals surface area contributed by atoms with Crippen molar-refractivity contribution in [3.63, 3.8) is 0 Å². The maximum Gasteiger partial charge on any atom is 0.257 e. The first-order chi connectivity index (χ1) is 9.42. The van der Waals surface area contributed by atoms with Crippen LogP contribution in [0.2, 0.25) is 0 Å². The van der Waals surface area contributed by atoms with Gasteiger partial charge in [0.05, 0.1) is 6.20 Å². The Morgan fingerprint density at radius 2 is 2.25 bits per heavy atom. The lowest BCUT2D eigenvalue weighted by molar-refractivity contribution is 0.121. The topological polar surface area (TPSA) is 64.0 Å². The Kier molecular flexibility index (Phi) is 4.74. The number of nitrogens with zero attached hydrogens (tertiary/aromatic N) is 2. The Balaban J connectivity index is 2.08. The molecule has 1 aromatic rings. The van der Waals surface area contributed by atoms with Crippen LogP contribution in [0.5, 0.6) is 0 Å². The molecule has 2 unspecified atom stereocenters. The molecule has 0 spiro atoms. The van der Waals surface area contributed by atoms with E-state index in [-0.39, 0.29) is 10.9 Å². The molecule has 0 aliphatic heterocycles. The molecule has 20 heavy (non-hydrogen) atoms. The van der Waals surface area contributed by atoms with Crippen molar-refractivity contribution in [1.29, 1.82) is 0 Å². The summed E-state index contributed by atoms with van der Waals surface area (Å²) < 4.78 is 52.5. The molecule has 1 aliphatic carbocycles. The standard InChI is InChI=1S/C12H19F2N3O2S/c1-2-9-4-3-5-11(9)16-20(18,19)10-6-15-17(7-10)8-12(13)14/h6-7,9,11-12,16H,2-5,8H2,1H3. The van der Waals surface area contributed by atoms with Crippen LogP contribution < -0.4 is 4.72 Å². The summed E-state index contributed by atoms with van der Waals surface area (Å²) in [5.41, 5.74) is 0. The quantitative estimate of drug-likeness (QED) is 0.874. The summed E-state index contributed by atoms with van der Waals surface area (Å²) in [6, 6.07) is -0.0663. The third kappa shape index (κ3) is 3.54. The molecule has 0 amide bonds. The van der Waals surface area contributed by atoms with Crippen LogP contribution in [0.15, 0.2) is 17.3 Å². The average Bonchev–Trinajstić information content (AvgIpc) is 2.97. The lowest BCUT2D eigenvalue weighted by Crippen LogP contribution is -2.37. The van der Waals surface area contributed by atoms with Crippen molar-refractivity contribution in [2.75, 3.05) is 0 Å². The smallest absolute Gasteiger partial charge is 0.257 e. The fourth-order valence-electron chi connectivity index (χ4n) is 2.67. The third-order valence-electron chi connectivity index (χ3n) is 3.73. The second-order valence-corrected chi connectivity index (χ2v) is 6.83. The zero-order valence-corrected chi connectivity index (χ0v) is 12.1. The number of hydrogen-bond donors (Lipinski definition) is 1. The molecule has 5 nitrogen and oxygen atoms in total. The maximum absolute atomic E-state index is 12.2. The summed E-state index contributed by atoms with van der Waals surface area (Å²) in [7, 11) is -3.68. The van der Waals surface area contributed by atoms with Crippen LogP contribution in [0.4, 0.5) is 8.78 Å². The third-order valence-corrected chi connectivity index (χ3v) is 5.18. The van der Waals surface area contributed by atoms with Crippen LogP contribution in [0.3, 0.4) is 0 Å². The van der Waals surface area contributed by atoms with Gasteiger partial charge in [0.2, 0.25) is 10.0 Å². The largest absolute Gasteiger partial charge is 0.266 e. The van der Waals surface area contributed by atoms with Gasteiger partial charge in [-0.2, -0.15) is 5.10 Å². The molecule has 0 radical (unpaired) electrons. The van der Waals surface area contributed by atoms with Gasteiger partial charge in [0.25, 0.3) is 6.43 Å². The zero-order valence-electron chi connectivity index (χ0n) is 11.3. The van der Waals surface area contributed by atoms with Crippen molar-refractivity contribution in [2.24, 2.45) is 5.92 Å². The molecule has 0 aromatic carbocycles. The Bertz CT molecular complexity index is 545. The Hall–Kier alpha value is -1.02. The SMILES string of the molecule is CCC1CCCC1NS(=O)(=O)c1cnn(CC(F)F)c1. The van der Waals surface area contributed by atoms with Crippen LogP contribution in [-0.4, -0.2) is 30.7 Å². The molecule has 2 atom stereocenters. The normalized spacial score (nSPS) is 23.6. The predicted octanol–water partition coefficient (Wildman–Crippen LogP) is 2.01. The van der Waals surface area contributed by atoms with E-state index in [1.807, 2.05) is 6.92 Å². The monoisotopic (exact) mass is 307 g/mol. The van der Waals surface area contributed by atoms with Crippen molar-refractivity contribution in [1.82, 2.24) is 14.5 Å². The molecule has 0 bridgehead atoms. The molecule has 1 aromatic heterocycles. The molecular formula is C12H19F2N3O2S. The van der Waals surface area contributed by atoms with Gasteiger partial charge >= 0.3 is 0 Å². The van der Waals surface area contributed by atoms with Crippen molar-refractivity contribution in [3.05, 3.63) is 12.4 Å². The van der Waals surface area contributed by atoms with Gasteiger partial charge in [0.15, 0.2) is 0 Å². The molecule has 0 saturated heterocycles. The van der Waals surface area contributed by atoms with Crippen LogP contribution in [0.1, 0.15) is 32.6 Å². The summed E-state index contributed by atoms with van der Waals surface area (Å²) >= 11 is 0. The second-order valence-electron chi connectivity index (χ2n) is 5.12. The number of sulfonamides is 1. The second kappa shape index (κ2) is 6.17. The number of halogens is 2. The predicted molar refractivity (Wildman–Crippen MR) is 70.0 cm³/mol. The molecule has 114 valence electrons. The summed E-state index contributed by atoms with van der Waals surface area (Å²) in [5, 5.41) is 3.65. The molecular weight excluding hydrogens is 288 g/mol. The number of rotatable bonds is 6. The van der Waals surface area contributed by atoms with Crippen molar-refractivity contribution in [2.45, 2.75) is 56.5 Å². The summed E-state index contributed by atoms with van der Waals surface area (Å²) in [6.07, 6.45) is 3.48. The van der Waals surface area contributed by atoms with Gasteiger partial charge in [-0.15, -0.1) is 0 Å². The van der Waals surface area contributed by atoms with E-state index in [0.717, 1.165) is 42.8 Å². The van der Waals surface area contributed by atoms with Crippen molar-refractivity contribution >= 4 is 10.0 Å². The van der Waals surface area contributed by atoms with E-state index in [9.17, 15) is 17.2 Å². The summed E-state index contributed by atoms with van der Waals surface area (Å²) in [4.78, 5) is -0.0556. The van der Waals surface area contributed by atoms with Gasteiger partial charge in [0, 0.05) is 12.2 Å². The summed E-state index contributed by atoms with van der Waals surface area (Å²) in [6.45, 7) is 1.44. The fraction of sp³-hybridized carbons (Fsp3) is 0.750. The van der Waals surface area contributed by atoms with E-state index in [2.05, 4.69) is 9.82 Å². The van der Waals surface area contributed by atoms with Gasteiger partial charge in [-0.05, 0) is 18.8 Å². The average molecular weight is 307 g/mol. The highest BCUT2D eigenvalue weighted by Gasteiger charge is 2.30. The molecule has 2 rings (SSSR count). The Morgan fingerprint density at radius 1 is 1.50 bits per heavy atom. The number of aromatic nitrogens is 2. The van der Waals surface area contributed by atoms with Crippen LogP contribution in [-0.2, 0) is 16.6 Å². The molecule has 1 N–H and O–H groups in total. The van der Waals surface area contributed by atoms with E-state index in [1.165, 1.54) is 0 Å². The number of alkyl halides is 2. The lowest BCUT2D eigenvalue weighted by Gasteiger charge is -2.18. The maximum atomic E-state index is 12.2. The molecule has 1 heterocycles. The highest BCUT2D eigenvalue weighted by molar-refractivity contribution is 7.89. The van der Waals surface area contributed by atoms with Gasteiger partial charge in [0.1, 0.15) is 11.4 Å². The minimum absolute atomic E-state index is 0.0556. The fourth-order valence-corrected chi connectivity index (χ4v) is 3.96. The van der Waals surface area contributed by atoms with Crippen molar-refractivity contribution in [3.8, 4) is 0 Å². The van der Waals surface area contributed by atoms with E-state index < -0.39 is 23.0 Å². The highest BCUT2D eigenvalue weighted by Crippen LogP contribution is 2.29. The molecule has 1 fully saturated rings. The van der Waals surface area contributed by atoms with Crippen LogP contribution in [0.25, 0.3) is 0 Å². The van der Waals surface area contributed by atoms with Gasteiger partial charge < -0.3 is 0 Å². The minimum Gasteiger partial charge on any atom is -0.266 e. The number of hydrogen-bond acceptors (Lipinski definition) is 3. The number of nitrogens with one attached hydrogen (secondary N) is 1. The molecule has 1 aliphatic rings. The van der Waals surface area contributed by atoms with E-state index in [4.69, 9.17) is 0 Å². The Morgan fingerprint density at radius 3 is 2.90 bits per heavy atom. The van der Waals surface area contributed by atoms with Gasteiger partial charge in [-0.25, -0.2) is 21.9 Å². The highest BCUT2D eigenvalue weighted by atomic mass is 32.2. The zero-order chi connectivity index (χ0) is 14.8. The van der Waals surface area contributed by atoms with E-state index in [0.29, 0.717) is 5.92 Å². The van der Waals surface area contributed by atoms with Gasteiger partial charge in [-0.3, -0.25) is 4.68 Å².